The molecule has 7 nitrogen and oxygen atoms in total. The van der Waals surface area contributed by atoms with Crippen molar-refractivity contribution >= 4 is 21.7 Å². The molecule has 1 heterocycles. The van der Waals surface area contributed by atoms with E-state index in [1.807, 2.05) is 0 Å². The van der Waals surface area contributed by atoms with Crippen molar-refractivity contribution in [1.82, 2.24) is 4.90 Å². The molecule has 116 valence electrons. The van der Waals surface area contributed by atoms with Crippen molar-refractivity contribution in [2.24, 2.45) is 5.73 Å². The number of carboxylic acids is 1. The minimum atomic E-state index is -3.39. The SMILES string of the molecule is CC1(C(=O)O)CCCCN1CCS(=O)(=O)CCC(N)=O. The summed E-state index contributed by atoms with van der Waals surface area (Å²) in [4.78, 5) is 23.7. The summed E-state index contributed by atoms with van der Waals surface area (Å²) in [6, 6.07) is 0. The Hall–Kier alpha value is -1.15. The summed E-state index contributed by atoms with van der Waals surface area (Å²) in [7, 11) is -3.39. The minimum Gasteiger partial charge on any atom is -0.480 e. The Morgan fingerprint density at radius 2 is 1.95 bits per heavy atom. The van der Waals surface area contributed by atoms with Crippen molar-refractivity contribution in [2.45, 2.75) is 38.1 Å². The van der Waals surface area contributed by atoms with Crippen molar-refractivity contribution in [1.29, 1.82) is 0 Å². The average molecular weight is 306 g/mol. The van der Waals surface area contributed by atoms with Crippen LogP contribution in [0.3, 0.4) is 0 Å². The van der Waals surface area contributed by atoms with Crippen LogP contribution in [0.1, 0.15) is 32.6 Å². The molecule has 1 aliphatic rings. The van der Waals surface area contributed by atoms with Crippen LogP contribution >= 0.6 is 0 Å². The number of hydrogen-bond acceptors (Lipinski definition) is 5. The molecule has 0 radical (unpaired) electrons. The van der Waals surface area contributed by atoms with E-state index in [1.165, 1.54) is 0 Å². The molecule has 0 bridgehead atoms. The maximum absolute atomic E-state index is 11.8. The van der Waals surface area contributed by atoms with Crippen LogP contribution in [-0.4, -0.2) is 60.4 Å². The molecular formula is C12H22N2O5S. The lowest BCUT2D eigenvalue weighted by Crippen LogP contribution is -2.56. The first-order chi connectivity index (χ1) is 9.17. The number of likely N-dealkylation sites (tertiary alicyclic amines) is 1. The summed E-state index contributed by atoms with van der Waals surface area (Å²) in [6.45, 7) is 2.38. The van der Waals surface area contributed by atoms with Gasteiger partial charge in [0.25, 0.3) is 0 Å². The van der Waals surface area contributed by atoms with Gasteiger partial charge < -0.3 is 10.8 Å². The van der Waals surface area contributed by atoms with Crippen LogP contribution in [0.5, 0.6) is 0 Å². The second-order valence-corrected chi connectivity index (χ2v) is 7.69. The highest BCUT2D eigenvalue weighted by Gasteiger charge is 2.41. The zero-order valence-corrected chi connectivity index (χ0v) is 12.5. The molecule has 1 unspecified atom stereocenters. The fourth-order valence-corrected chi connectivity index (χ4v) is 3.60. The molecule has 0 spiro atoms. The summed E-state index contributed by atoms with van der Waals surface area (Å²) in [6.07, 6.45) is 2.01. The normalized spacial score (nSPS) is 24.4. The molecule has 1 atom stereocenters. The molecule has 20 heavy (non-hydrogen) atoms. The smallest absolute Gasteiger partial charge is 0.323 e. The number of rotatable bonds is 7. The van der Waals surface area contributed by atoms with Gasteiger partial charge in [-0.2, -0.15) is 0 Å². The van der Waals surface area contributed by atoms with Gasteiger partial charge in [-0.25, -0.2) is 8.42 Å². The van der Waals surface area contributed by atoms with Crippen LogP contribution in [0.15, 0.2) is 0 Å². The Labute approximate surface area is 119 Å². The Kier molecular flexibility index (Phi) is 5.52. The Morgan fingerprint density at radius 1 is 1.30 bits per heavy atom. The summed E-state index contributed by atoms with van der Waals surface area (Å²) >= 11 is 0. The van der Waals surface area contributed by atoms with E-state index >= 15 is 0 Å². The van der Waals surface area contributed by atoms with Gasteiger partial charge in [0.05, 0.1) is 11.5 Å². The first-order valence-electron chi connectivity index (χ1n) is 6.64. The quantitative estimate of drug-likeness (QED) is 0.661. The van der Waals surface area contributed by atoms with Gasteiger partial charge in [0.1, 0.15) is 5.54 Å². The number of amides is 1. The molecule has 8 heteroatoms. The van der Waals surface area contributed by atoms with E-state index in [0.29, 0.717) is 13.0 Å². The van der Waals surface area contributed by atoms with Gasteiger partial charge in [-0.05, 0) is 32.7 Å². The van der Waals surface area contributed by atoms with Crippen molar-refractivity contribution < 1.29 is 23.1 Å². The third-order valence-corrected chi connectivity index (χ3v) is 5.46. The first-order valence-corrected chi connectivity index (χ1v) is 8.47. The molecule has 0 aromatic heterocycles. The van der Waals surface area contributed by atoms with Crippen molar-refractivity contribution in [3.8, 4) is 0 Å². The summed E-state index contributed by atoms with van der Waals surface area (Å²) in [5.74, 6) is -2.00. The Bertz CT molecular complexity index is 476. The number of carbonyl (C=O) groups excluding carboxylic acids is 1. The van der Waals surface area contributed by atoms with E-state index in [4.69, 9.17) is 5.73 Å². The van der Waals surface area contributed by atoms with E-state index in [9.17, 15) is 23.1 Å². The second kappa shape index (κ2) is 6.53. The monoisotopic (exact) mass is 306 g/mol. The number of primary amides is 1. The summed E-state index contributed by atoms with van der Waals surface area (Å²) in [5, 5.41) is 9.32. The lowest BCUT2D eigenvalue weighted by atomic mass is 9.88. The standard InChI is InChI=1S/C12H22N2O5S/c1-12(11(16)17)5-2-3-6-14(12)7-9-20(18,19)8-4-10(13)15/h2-9H2,1H3,(H2,13,15)(H,16,17). The van der Waals surface area contributed by atoms with Crippen LogP contribution < -0.4 is 5.73 Å². The summed E-state index contributed by atoms with van der Waals surface area (Å²) < 4.78 is 23.6. The maximum Gasteiger partial charge on any atom is 0.323 e. The highest BCUT2D eigenvalue weighted by molar-refractivity contribution is 7.91. The molecule has 1 amide bonds. The number of sulfone groups is 1. The molecule has 1 saturated heterocycles. The second-order valence-electron chi connectivity index (χ2n) is 5.39. The fraction of sp³-hybridized carbons (Fsp3) is 0.833. The lowest BCUT2D eigenvalue weighted by Gasteiger charge is -2.41. The first kappa shape index (κ1) is 16.9. The number of piperidine rings is 1. The van der Waals surface area contributed by atoms with E-state index in [0.717, 1.165) is 12.8 Å². The zero-order chi connectivity index (χ0) is 15.4. The molecule has 3 N–H and O–H groups in total. The van der Waals surface area contributed by atoms with Gasteiger partial charge in [0.15, 0.2) is 9.84 Å². The van der Waals surface area contributed by atoms with Crippen molar-refractivity contribution in [3.63, 3.8) is 0 Å². The van der Waals surface area contributed by atoms with E-state index in [2.05, 4.69) is 0 Å². The Balaban J connectivity index is 2.62. The van der Waals surface area contributed by atoms with Crippen molar-refractivity contribution in [3.05, 3.63) is 0 Å². The predicted molar refractivity (Wildman–Crippen MR) is 73.9 cm³/mol. The minimum absolute atomic E-state index is 0.150. The molecule has 0 aromatic carbocycles. The lowest BCUT2D eigenvalue weighted by molar-refractivity contribution is -0.152. The number of hydrogen-bond donors (Lipinski definition) is 2. The molecule has 1 fully saturated rings. The van der Waals surface area contributed by atoms with Crippen LogP contribution in [0, 0.1) is 0 Å². The van der Waals surface area contributed by atoms with E-state index in [1.54, 1.807) is 11.8 Å². The average Bonchev–Trinajstić information content (AvgIpc) is 2.35. The third-order valence-electron chi connectivity index (χ3n) is 3.83. The topological polar surface area (TPSA) is 118 Å². The Morgan fingerprint density at radius 3 is 2.50 bits per heavy atom. The number of nitrogens with zero attached hydrogens (tertiary/aromatic N) is 1. The highest BCUT2D eigenvalue weighted by atomic mass is 32.2. The molecule has 0 aliphatic carbocycles. The number of aliphatic carboxylic acids is 1. The fourth-order valence-electron chi connectivity index (χ4n) is 2.38. The van der Waals surface area contributed by atoms with Crippen LogP contribution in [-0.2, 0) is 19.4 Å². The third kappa shape index (κ3) is 4.45. The van der Waals surface area contributed by atoms with Crippen molar-refractivity contribution in [2.75, 3.05) is 24.6 Å². The van der Waals surface area contributed by atoms with Gasteiger partial charge in [-0.15, -0.1) is 0 Å². The molecule has 1 rings (SSSR count). The molecule has 1 aliphatic heterocycles. The molecular weight excluding hydrogens is 284 g/mol. The van der Waals surface area contributed by atoms with Gasteiger partial charge in [0, 0.05) is 13.0 Å². The highest BCUT2D eigenvalue weighted by Crippen LogP contribution is 2.28. The van der Waals surface area contributed by atoms with Gasteiger partial charge in [-0.1, -0.05) is 0 Å². The van der Waals surface area contributed by atoms with Crippen LogP contribution in [0.25, 0.3) is 0 Å². The molecule has 0 aromatic rings. The zero-order valence-electron chi connectivity index (χ0n) is 11.7. The largest absolute Gasteiger partial charge is 0.480 e. The number of carboxylic acid groups (broad SMARTS) is 1. The number of nitrogens with two attached hydrogens (primary N) is 1. The van der Waals surface area contributed by atoms with Gasteiger partial charge in [-0.3, -0.25) is 14.5 Å². The summed E-state index contributed by atoms with van der Waals surface area (Å²) in [5.41, 5.74) is 3.93. The molecule has 0 saturated carbocycles. The number of carbonyl (C=O) groups is 2. The van der Waals surface area contributed by atoms with Crippen LogP contribution in [0.4, 0.5) is 0 Å². The van der Waals surface area contributed by atoms with Gasteiger partial charge in [0.2, 0.25) is 5.91 Å². The predicted octanol–water partition coefficient (Wildman–Crippen LogP) is -0.394. The van der Waals surface area contributed by atoms with Crippen LogP contribution in [0.2, 0.25) is 0 Å². The van der Waals surface area contributed by atoms with E-state index < -0.39 is 27.3 Å². The van der Waals surface area contributed by atoms with E-state index in [-0.39, 0.29) is 24.5 Å². The van der Waals surface area contributed by atoms with Gasteiger partial charge >= 0.3 is 5.97 Å². The maximum atomic E-state index is 11.8.